The summed E-state index contributed by atoms with van der Waals surface area (Å²) in [6.45, 7) is 1.40. The van der Waals surface area contributed by atoms with Gasteiger partial charge in [0.1, 0.15) is 17.4 Å². The van der Waals surface area contributed by atoms with E-state index in [2.05, 4.69) is 10.3 Å². The van der Waals surface area contributed by atoms with Crippen molar-refractivity contribution < 1.29 is 49.0 Å². The van der Waals surface area contributed by atoms with E-state index in [1.54, 1.807) is 30.5 Å². The summed E-state index contributed by atoms with van der Waals surface area (Å²) in [5.74, 6) is -1.12. The largest absolute Gasteiger partial charge is 1.00 e. The first-order chi connectivity index (χ1) is 13.0. The molecule has 28 heavy (non-hydrogen) atoms. The van der Waals surface area contributed by atoms with E-state index < -0.39 is 12.1 Å². The van der Waals surface area contributed by atoms with Crippen molar-refractivity contribution in [2.75, 3.05) is 5.32 Å². The van der Waals surface area contributed by atoms with Crippen LogP contribution >= 0.6 is 0 Å². The van der Waals surface area contributed by atoms with E-state index in [1.807, 2.05) is 30.3 Å². The number of fused-ring (bicyclic) bond motifs is 2. The molecule has 3 aromatic rings. The molecule has 1 amide bonds. The molecule has 2 heterocycles. The third-order valence-corrected chi connectivity index (χ3v) is 4.41. The molecule has 2 aromatic carbocycles. The number of ether oxygens (including phenoxy) is 1. The SMILES string of the molecule is CC(Oc1ccc(C=C2C(=O)Nc3ccccc32)c2cccnc12)C(=O)[O-].[Na+]. The maximum absolute atomic E-state index is 12.4. The number of aliphatic carboxylic acids is 1. The molecule has 0 fully saturated rings. The van der Waals surface area contributed by atoms with Gasteiger partial charge in [-0.1, -0.05) is 30.3 Å². The number of nitrogens with one attached hydrogen (secondary N) is 1. The molecule has 4 rings (SSSR count). The van der Waals surface area contributed by atoms with Gasteiger partial charge in [0, 0.05) is 28.4 Å². The van der Waals surface area contributed by atoms with Gasteiger partial charge in [0.05, 0.1) is 5.97 Å². The number of amides is 1. The van der Waals surface area contributed by atoms with E-state index in [9.17, 15) is 14.7 Å². The second-order valence-electron chi connectivity index (χ2n) is 6.19. The van der Waals surface area contributed by atoms with Crippen molar-refractivity contribution in [2.24, 2.45) is 0 Å². The quantitative estimate of drug-likeness (QED) is 0.474. The average molecular weight is 382 g/mol. The fourth-order valence-electron chi connectivity index (χ4n) is 3.07. The van der Waals surface area contributed by atoms with Gasteiger partial charge >= 0.3 is 29.6 Å². The monoisotopic (exact) mass is 382 g/mol. The standard InChI is InChI=1S/C21H16N2O4.Na/c1-12(21(25)26)27-18-9-8-13(14-6-4-10-22-19(14)18)11-16-15-5-2-3-7-17(15)23-20(16)24;/h2-12H,1H3,(H,23,24)(H,25,26);/q;+1/p-1. The van der Waals surface area contributed by atoms with Crippen molar-refractivity contribution >= 4 is 40.1 Å². The van der Waals surface area contributed by atoms with E-state index in [1.165, 1.54) is 6.92 Å². The Bertz CT molecular complexity index is 1110. The minimum absolute atomic E-state index is 0. The van der Waals surface area contributed by atoms with Crippen molar-refractivity contribution in [1.82, 2.24) is 4.98 Å². The summed E-state index contributed by atoms with van der Waals surface area (Å²) in [5.41, 5.74) is 3.48. The molecular weight excluding hydrogens is 367 g/mol. The van der Waals surface area contributed by atoms with Crippen LogP contribution in [0.15, 0.2) is 54.7 Å². The van der Waals surface area contributed by atoms with Crippen molar-refractivity contribution in [2.45, 2.75) is 13.0 Å². The number of carbonyl (C=O) groups is 2. The summed E-state index contributed by atoms with van der Waals surface area (Å²) in [4.78, 5) is 27.7. The molecule has 0 bridgehead atoms. The van der Waals surface area contributed by atoms with E-state index in [4.69, 9.17) is 4.74 Å². The summed E-state index contributed by atoms with van der Waals surface area (Å²) in [6.07, 6.45) is 2.30. The molecule has 1 N–H and O–H groups in total. The van der Waals surface area contributed by atoms with Gasteiger partial charge in [0.25, 0.3) is 5.91 Å². The van der Waals surface area contributed by atoms with Crippen LogP contribution in [0.3, 0.4) is 0 Å². The van der Waals surface area contributed by atoms with Crippen LogP contribution in [0.1, 0.15) is 18.1 Å². The van der Waals surface area contributed by atoms with E-state index >= 15 is 0 Å². The fourth-order valence-corrected chi connectivity index (χ4v) is 3.07. The zero-order valence-electron chi connectivity index (χ0n) is 15.4. The maximum Gasteiger partial charge on any atom is 1.00 e. The zero-order valence-corrected chi connectivity index (χ0v) is 17.4. The van der Waals surface area contributed by atoms with E-state index in [-0.39, 0.29) is 35.5 Å². The van der Waals surface area contributed by atoms with Crippen molar-refractivity contribution in [3.63, 3.8) is 0 Å². The number of hydrogen-bond donors (Lipinski definition) is 1. The number of para-hydroxylation sites is 1. The Morgan fingerprint density at radius 3 is 2.75 bits per heavy atom. The fraction of sp³-hybridized carbons (Fsp3) is 0.0952. The molecule has 1 atom stereocenters. The number of rotatable bonds is 4. The molecule has 7 heteroatoms. The predicted molar refractivity (Wildman–Crippen MR) is 99.8 cm³/mol. The molecule has 134 valence electrons. The van der Waals surface area contributed by atoms with Gasteiger partial charge in [0.2, 0.25) is 0 Å². The first-order valence-electron chi connectivity index (χ1n) is 8.42. The average Bonchev–Trinajstić information content (AvgIpc) is 2.99. The van der Waals surface area contributed by atoms with Gasteiger partial charge in [-0.15, -0.1) is 0 Å². The molecule has 1 aliphatic heterocycles. The third-order valence-electron chi connectivity index (χ3n) is 4.41. The van der Waals surface area contributed by atoms with Crippen molar-refractivity contribution in [1.29, 1.82) is 0 Å². The number of anilines is 1. The van der Waals surface area contributed by atoms with Crippen molar-refractivity contribution in [3.8, 4) is 5.75 Å². The summed E-state index contributed by atoms with van der Waals surface area (Å²) >= 11 is 0. The molecular formula is C21H15N2NaO4. The van der Waals surface area contributed by atoms with Gasteiger partial charge in [-0.05, 0) is 36.8 Å². The summed E-state index contributed by atoms with van der Waals surface area (Å²) < 4.78 is 5.47. The van der Waals surface area contributed by atoms with Crippen LogP contribution in [0.4, 0.5) is 5.69 Å². The maximum atomic E-state index is 12.4. The summed E-state index contributed by atoms with van der Waals surface area (Å²) in [6, 6.07) is 14.5. The number of carbonyl (C=O) groups excluding carboxylic acids is 2. The van der Waals surface area contributed by atoms with Crippen LogP contribution in [-0.2, 0) is 9.59 Å². The Kier molecular flexibility index (Phi) is 5.84. The molecule has 1 unspecified atom stereocenters. The van der Waals surface area contributed by atoms with Gasteiger partial charge in [-0.3, -0.25) is 9.78 Å². The smallest absolute Gasteiger partial charge is 0.546 e. The molecule has 0 radical (unpaired) electrons. The molecule has 1 aliphatic rings. The number of benzene rings is 2. The molecule has 6 nitrogen and oxygen atoms in total. The van der Waals surface area contributed by atoms with Crippen LogP contribution in [0.5, 0.6) is 5.75 Å². The number of aromatic nitrogens is 1. The number of carboxylic acids is 1. The second kappa shape index (κ2) is 8.14. The van der Waals surface area contributed by atoms with Crippen molar-refractivity contribution in [3.05, 3.63) is 65.9 Å². The Morgan fingerprint density at radius 1 is 1.18 bits per heavy atom. The van der Waals surface area contributed by atoms with Crippen LogP contribution < -0.4 is 44.7 Å². The van der Waals surface area contributed by atoms with Crippen LogP contribution in [0.25, 0.3) is 22.6 Å². The van der Waals surface area contributed by atoms with E-state index in [0.717, 1.165) is 22.2 Å². The molecule has 0 saturated heterocycles. The van der Waals surface area contributed by atoms with Gasteiger partial charge in [0.15, 0.2) is 0 Å². The minimum Gasteiger partial charge on any atom is -0.546 e. The third kappa shape index (κ3) is 3.67. The Balaban J connectivity index is 0.00000225. The first-order valence-corrected chi connectivity index (χ1v) is 8.42. The zero-order chi connectivity index (χ0) is 19.0. The van der Waals surface area contributed by atoms with Gasteiger partial charge in [-0.25, -0.2) is 0 Å². The molecule has 0 saturated carbocycles. The van der Waals surface area contributed by atoms with Gasteiger partial charge in [-0.2, -0.15) is 0 Å². The van der Waals surface area contributed by atoms with Crippen LogP contribution in [0, 0.1) is 0 Å². The molecule has 1 aromatic heterocycles. The van der Waals surface area contributed by atoms with Crippen LogP contribution in [-0.4, -0.2) is 23.0 Å². The molecule has 0 aliphatic carbocycles. The molecule has 0 spiro atoms. The number of nitrogens with zero attached hydrogens (tertiary/aromatic N) is 1. The number of carboxylic acid groups (broad SMARTS) is 1. The Morgan fingerprint density at radius 2 is 1.96 bits per heavy atom. The Labute approximate surface area is 183 Å². The number of pyridine rings is 1. The topological polar surface area (TPSA) is 91.3 Å². The first kappa shape index (κ1) is 20.1. The normalized spacial score (nSPS) is 14.9. The summed E-state index contributed by atoms with van der Waals surface area (Å²) in [5, 5.41) is 14.6. The van der Waals surface area contributed by atoms with E-state index in [0.29, 0.717) is 16.8 Å². The summed E-state index contributed by atoms with van der Waals surface area (Å²) in [7, 11) is 0. The Hall–Kier alpha value is -2.67. The minimum atomic E-state index is -1.30. The number of hydrogen-bond acceptors (Lipinski definition) is 5. The van der Waals surface area contributed by atoms with Crippen LogP contribution in [0.2, 0.25) is 0 Å². The van der Waals surface area contributed by atoms with Gasteiger partial charge < -0.3 is 20.0 Å². The second-order valence-corrected chi connectivity index (χ2v) is 6.19. The predicted octanol–water partition coefficient (Wildman–Crippen LogP) is -0.751.